The Hall–Kier alpha value is -2.34. The predicted octanol–water partition coefficient (Wildman–Crippen LogP) is 3.46. The number of anilines is 1. The summed E-state index contributed by atoms with van der Waals surface area (Å²) in [5.74, 6) is 0.172. The lowest BCUT2D eigenvalue weighted by Crippen LogP contribution is -2.27. The third-order valence-electron chi connectivity index (χ3n) is 4.86. The molecule has 0 spiro atoms. The molecule has 2 aromatic rings. The van der Waals surface area contributed by atoms with Crippen LogP contribution in [-0.2, 0) is 22.7 Å². The molecule has 0 bridgehead atoms. The molecule has 1 aliphatic rings. The summed E-state index contributed by atoms with van der Waals surface area (Å²) in [7, 11) is -3.40. The molecule has 3 N–H and O–H groups in total. The summed E-state index contributed by atoms with van der Waals surface area (Å²) in [6.45, 7) is 3.69. The van der Waals surface area contributed by atoms with Gasteiger partial charge in [-0.2, -0.15) is 0 Å². The van der Waals surface area contributed by atoms with Crippen LogP contribution in [0.5, 0.6) is 0 Å². The van der Waals surface area contributed by atoms with Crippen molar-refractivity contribution in [3.63, 3.8) is 0 Å². The maximum atomic E-state index is 12.6. The van der Waals surface area contributed by atoms with Gasteiger partial charge in [-0.1, -0.05) is 29.8 Å². The molecule has 5 nitrogen and oxygen atoms in total. The summed E-state index contributed by atoms with van der Waals surface area (Å²) in [6, 6.07) is 12.6. The van der Waals surface area contributed by atoms with Crippen LogP contribution in [0.4, 0.5) is 5.69 Å². The second kappa shape index (κ2) is 8.13. The van der Waals surface area contributed by atoms with Crippen molar-refractivity contribution in [1.29, 1.82) is 0 Å². The molecule has 0 aliphatic heterocycles. The second-order valence-corrected chi connectivity index (χ2v) is 9.27. The van der Waals surface area contributed by atoms with Gasteiger partial charge >= 0.3 is 0 Å². The monoisotopic (exact) mass is 385 g/mol. The number of aliphatic imine (C=N–C) groups is 1. The highest BCUT2D eigenvalue weighted by Crippen LogP contribution is 2.27. The average molecular weight is 386 g/mol. The third kappa shape index (κ3) is 4.89. The van der Waals surface area contributed by atoms with Crippen molar-refractivity contribution in [3.8, 4) is 0 Å². The second-order valence-electron chi connectivity index (χ2n) is 7.23. The lowest BCUT2D eigenvalue weighted by atomic mass is 9.90. The zero-order valence-electron chi connectivity index (χ0n) is 15.9. The quantitative estimate of drug-likeness (QED) is 0.610. The van der Waals surface area contributed by atoms with Gasteiger partial charge in [-0.15, -0.1) is 0 Å². The van der Waals surface area contributed by atoms with E-state index in [2.05, 4.69) is 16.4 Å². The highest BCUT2D eigenvalue weighted by molar-refractivity contribution is 7.91. The van der Waals surface area contributed by atoms with Crippen LogP contribution >= 0.6 is 0 Å². The van der Waals surface area contributed by atoms with Crippen molar-refractivity contribution in [2.24, 2.45) is 10.7 Å². The van der Waals surface area contributed by atoms with Gasteiger partial charge in [0, 0.05) is 5.69 Å². The van der Waals surface area contributed by atoms with E-state index in [1.54, 1.807) is 31.2 Å². The number of fused-ring (bicyclic) bond motifs is 1. The normalized spacial score (nSPS) is 15.9. The van der Waals surface area contributed by atoms with E-state index in [0.717, 1.165) is 24.1 Å². The van der Waals surface area contributed by atoms with Gasteiger partial charge in [-0.05, 0) is 68.9 Å². The summed E-state index contributed by atoms with van der Waals surface area (Å²) in [5.41, 5.74) is 10.7. The van der Waals surface area contributed by atoms with Crippen LogP contribution in [-0.4, -0.2) is 26.2 Å². The predicted molar refractivity (Wildman–Crippen MR) is 111 cm³/mol. The van der Waals surface area contributed by atoms with Crippen molar-refractivity contribution in [3.05, 3.63) is 59.2 Å². The van der Waals surface area contributed by atoms with E-state index in [9.17, 15) is 8.42 Å². The molecule has 1 aliphatic carbocycles. The Morgan fingerprint density at radius 3 is 2.59 bits per heavy atom. The smallest absolute Gasteiger partial charge is 0.193 e. The highest BCUT2D eigenvalue weighted by atomic mass is 32.2. The van der Waals surface area contributed by atoms with Gasteiger partial charge in [0.2, 0.25) is 0 Å². The zero-order valence-corrected chi connectivity index (χ0v) is 16.7. The number of nitrogens with zero attached hydrogens (tertiary/aromatic N) is 1. The van der Waals surface area contributed by atoms with Crippen LogP contribution in [0.1, 0.15) is 36.5 Å². The van der Waals surface area contributed by atoms with E-state index < -0.39 is 15.9 Å². The summed E-state index contributed by atoms with van der Waals surface area (Å²) >= 11 is 0. The summed E-state index contributed by atoms with van der Waals surface area (Å²) < 4.78 is 25.1. The van der Waals surface area contributed by atoms with Crippen molar-refractivity contribution in [1.82, 2.24) is 0 Å². The number of nitrogens with one attached hydrogen (secondary N) is 1. The summed E-state index contributed by atoms with van der Waals surface area (Å²) in [6.07, 6.45) is 4.51. The molecule has 144 valence electrons. The summed E-state index contributed by atoms with van der Waals surface area (Å²) in [5, 5.41) is 3.17. The number of hydrogen-bond acceptors (Lipinski definition) is 3. The fourth-order valence-electron chi connectivity index (χ4n) is 3.50. The Balaban J connectivity index is 1.70. The molecule has 2 aromatic carbocycles. The SMILES string of the molecule is Cc1ccc(S(=O)(=O)CC(C)N=C(N)Nc2cccc3c2CCCC3)cc1. The molecule has 3 rings (SSSR count). The molecule has 0 saturated carbocycles. The van der Waals surface area contributed by atoms with E-state index in [0.29, 0.717) is 4.90 Å². The number of sulfone groups is 1. The Morgan fingerprint density at radius 1 is 1.15 bits per heavy atom. The van der Waals surface area contributed by atoms with Crippen molar-refractivity contribution in [2.75, 3.05) is 11.1 Å². The van der Waals surface area contributed by atoms with Crippen LogP contribution in [0.3, 0.4) is 0 Å². The molecule has 6 heteroatoms. The molecule has 0 fully saturated rings. The molecular weight excluding hydrogens is 358 g/mol. The standard InChI is InChI=1S/C21H27N3O2S/c1-15-10-12-18(13-11-15)27(25,26)14-16(2)23-21(22)24-20-9-5-7-17-6-3-4-8-19(17)20/h5,7,9-13,16H,3-4,6,8,14H2,1-2H3,(H3,22,23,24). The first-order valence-electron chi connectivity index (χ1n) is 9.35. The van der Waals surface area contributed by atoms with Gasteiger partial charge in [-0.3, -0.25) is 0 Å². The van der Waals surface area contributed by atoms with Gasteiger partial charge in [0.05, 0.1) is 16.7 Å². The molecule has 0 heterocycles. The number of rotatable bonds is 5. The van der Waals surface area contributed by atoms with E-state index in [1.807, 2.05) is 19.1 Å². The average Bonchev–Trinajstić information content (AvgIpc) is 2.61. The molecule has 27 heavy (non-hydrogen) atoms. The molecule has 1 unspecified atom stereocenters. The number of guanidine groups is 1. The number of benzene rings is 2. The van der Waals surface area contributed by atoms with Crippen LogP contribution in [0.15, 0.2) is 52.4 Å². The number of nitrogens with two attached hydrogens (primary N) is 1. The maximum Gasteiger partial charge on any atom is 0.193 e. The minimum Gasteiger partial charge on any atom is -0.370 e. The Bertz CT molecular complexity index is 934. The molecular formula is C21H27N3O2S. The van der Waals surface area contributed by atoms with Crippen LogP contribution in [0.25, 0.3) is 0 Å². The van der Waals surface area contributed by atoms with E-state index >= 15 is 0 Å². The largest absolute Gasteiger partial charge is 0.370 e. The minimum absolute atomic E-state index is 0.0780. The lowest BCUT2D eigenvalue weighted by molar-refractivity contribution is 0.590. The van der Waals surface area contributed by atoms with Crippen LogP contribution < -0.4 is 11.1 Å². The Morgan fingerprint density at radius 2 is 1.85 bits per heavy atom. The van der Waals surface area contributed by atoms with Crippen molar-refractivity contribution in [2.45, 2.75) is 50.5 Å². The van der Waals surface area contributed by atoms with E-state index in [1.165, 1.54) is 24.0 Å². The zero-order chi connectivity index (χ0) is 19.4. The first-order chi connectivity index (χ1) is 12.8. The third-order valence-corrected chi connectivity index (χ3v) is 6.77. The van der Waals surface area contributed by atoms with E-state index in [4.69, 9.17) is 5.73 Å². The number of hydrogen-bond donors (Lipinski definition) is 2. The first-order valence-corrected chi connectivity index (χ1v) is 11.0. The van der Waals surface area contributed by atoms with Gasteiger partial charge in [0.25, 0.3) is 0 Å². The topological polar surface area (TPSA) is 84.5 Å². The molecule has 0 amide bonds. The molecule has 0 saturated heterocycles. The minimum atomic E-state index is -3.40. The summed E-state index contributed by atoms with van der Waals surface area (Å²) in [4.78, 5) is 4.67. The number of aryl methyl sites for hydroxylation is 2. The Labute approximate surface area is 161 Å². The van der Waals surface area contributed by atoms with Crippen LogP contribution in [0, 0.1) is 6.92 Å². The van der Waals surface area contributed by atoms with Crippen LogP contribution in [0.2, 0.25) is 0 Å². The fraction of sp³-hybridized carbons (Fsp3) is 0.381. The first kappa shape index (κ1) is 19.4. The van der Waals surface area contributed by atoms with Gasteiger partial charge in [0.15, 0.2) is 15.8 Å². The van der Waals surface area contributed by atoms with Crippen molar-refractivity contribution < 1.29 is 8.42 Å². The van der Waals surface area contributed by atoms with E-state index in [-0.39, 0.29) is 11.7 Å². The van der Waals surface area contributed by atoms with Gasteiger partial charge in [0.1, 0.15) is 0 Å². The van der Waals surface area contributed by atoms with Crippen molar-refractivity contribution >= 4 is 21.5 Å². The van der Waals surface area contributed by atoms with Gasteiger partial charge in [-0.25, -0.2) is 13.4 Å². The Kier molecular flexibility index (Phi) is 5.85. The fourth-order valence-corrected chi connectivity index (χ4v) is 4.96. The molecule has 1 atom stereocenters. The highest BCUT2D eigenvalue weighted by Gasteiger charge is 2.19. The maximum absolute atomic E-state index is 12.6. The molecule has 0 radical (unpaired) electrons. The molecule has 0 aromatic heterocycles. The van der Waals surface area contributed by atoms with Gasteiger partial charge < -0.3 is 11.1 Å². The lowest BCUT2D eigenvalue weighted by Gasteiger charge is -2.20.